The number of nitro groups is 1. The molecule has 1 N–H and O–H groups in total. The molecule has 0 saturated heterocycles. The van der Waals surface area contributed by atoms with Crippen molar-refractivity contribution in [1.82, 2.24) is 9.97 Å². The summed E-state index contributed by atoms with van der Waals surface area (Å²) in [6.45, 7) is 6.94. The van der Waals surface area contributed by atoms with Crippen LogP contribution in [0.5, 0.6) is 23.0 Å². The first-order valence-electron chi connectivity index (χ1n) is 16.1. The topological polar surface area (TPSA) is 99.5 Å². The van der Waals surface area contributed by atoms with Gasteiger partial charge in [-0.3, -0.25) is 10.1 Å². The van der Waals surface area contributed by atoms with Crippen LogP contribution in [0, 0.1) is 10.1 Å². The maximum Gasteiger partial charge on any atom is 0.269 e. The number of methoxy groups -OCH3 is 2. The Kier molecular flexibility index (Phi) is 7.95. The zero-order chi connectivity index (χ0) is 34.3. The van der Waals surface area contributed by atoms with Crippen LogP contribution in [-0.2, 0) is 10.8 Å². The summed E-state index contributed by atoms with van der Waals surface area (Å²) in [6, 6.07) is 36.8. The molecule has 6 aromatic rings. The van der Waals surface area contributed by atoms with Crippen LogP contribution < -0.4 is 14.2 Å². The van der Waals surface area contributed by atoms with E-state index in [1.807, 2.05) is 60.7 Å². The third-order valence-electron chi connectivity index (χ3n) is 9.63. The lowest BCUT2D eigenvalue weighted by Gasteiger charge is -2.28. The smallest absolute Gasteiger partial charge is 0.269 e. The van der Waals surface area contributed by atoms with Crippen molar-refractivity contribution in [2.45, 2.75) is 38.0 Å². The Morgan fingerprint density at radius 2 is 1.22 bits per heavy atom. The molecule has 0 spiro atoms. The fraction of sp³-hybridized carbons (Fsp3) is 0.195. The van der Waals surface area contributed by atoms with E-state index in [4.69, 9.17) is 19.2 Å². The number of H-pyrrole nitrogens is 1. The molecule has 1 heterocycles. The van der Waals surface area contributed by atoms with Crippen molar-refractivity contribution in [1.29, 1.82) is 0 Å². The number of imidazole rings is 1. The molecule has 1 aliphatic carbocycles. The normalized spacial score (nSPS) is 16.2. The molecule has 246 valence electrons. The Balaban J connectivity index is 1.15. The van der Waals surface area contributed by atoms with Crippen LogP contribution in [0.25, 0.3) is 33.9 Å². The van der Waals surface area contributed by atoms with Gasteiger partial charge >= 0.3 is 0 Å². The van der Waals surface area contributed by atoms with Gasteiger partial charge in [-0.15, -0.1) is 0 Å². The molecular weight excluding hydrogens is 614 g/mol. The lowest BCUT2D eigenvalue weighted by molar-refractivity contribution is -0.384. The highest BCUT2D eigenvalue weighted by molar-refractivity contribution is 5.81. The number of aromatic amines is 1. The van der Waals surface area contributed by atoms with Gasteiger partial charge in [-0.2, -0.15) is 0 Å². The highest BCUT2D eigenvalue weighted by atomic mass is 16.6. The number of benzene rings is 5. The Bertz CT molecular complexity index is 2130. The predicted molar refractivity (Wildman–Crippen MR) is 192 cm³/mol. The highest BCUT2D eigenvalue weighted by Crippen LogP contribution is 2.53. The molecule has 0 aliphatic heterocycles. The fourth-order valence-electron chi connectivity index (χ4n) is 7.16. The quantitative estimate of drug-likeness (QED) is 0.123. The summed E-state index contributed by atoms with van der Waals surface area (Å²) < 4.78 is 17.2. The summed E-state index contributed by atoms with van der Waals surface area (Å²) in [5.74, 6) is 3.69. The van der Waals surface area contributed by atoms with Crippen molar-refractivity contribution in [2.24, 2.45) is 0 Å². The number of aromatic nitrogens is 2. The van der Waals surface area contributed by atoms with Crippen LogP contribution in [-0.4, -0.2) is 29.1 Å². The van der Waals surface area contributed by atoms with E-state index in [0.717, 1.165) is 51.7 Å². The molecule has 0 radical (unpaired) electrons. The second-order valence-corrected chi connectivity index (χ2v) is 13.3. The number of nitrogens with one attached hydrogen (secondary N) is 1. The Hall–Kier alpha value is -5.89. The molecule has 49 heavy (non-hydrogen) atoms. The standard InChI is InChI=1S/C41H37N3O5/c1-40(2)25-41(3,36-24-34(48-5)22-23-35(36)40)29-12-20-33(21-13-29)49-32-18-10-27(11-19-32)38-37(26-8-16-31(47-4)17-9-26)42-39(43-38)28-6-14-30(15-7-28)44(45)46/h6-24H,25H2,1-5H3,(H,42,43). The van der Waals surface area contributed by atoms with Gasteiger partial charge in [0, 0.05) is 34.2 Å². The number of ether oxygens (including phenoxy) is 3. The van der Waals surface area contributed by atoms with Gasteiger partial charge in [0.15, 0.2) is 0 Å². The second-order valence-electron chi connectivity index (χ2n) is 13.3. The van der Waals surface area contributed by atoms with Crippen molar-refractivity contribution in [2.75, 3.05) is 14.2 Å². The number of rotatable bonds is 9. The van der Waals surface area contributed by atoms with Crippen molar-refractivity contribution in [3.63, 3.8) is 0 Å². The van der Waals surface area contributed by atoms with Gasteiger partial charge in [0.25, 0.3) is 5.69 Å². The molecule has 8 nitrogen and oxygen atoms in total. The third kappa shape index (κ3) is 5.91. The van der Waals surface area contributed by atoms with Gasteiger partial charge in [-0.05, 0) is 113 Å². The summed E-state index contributed by atoms with van der Waals surface area (Å²) in [5, 5.41) is 11.2. The van der Waals surface area contributed by atoms with Gasteiger partial charge in [0.05, 0.1) is 30.5 Å². The molecule has 8 heteroatoms. The van der Waals surface area contributed by atoms with E-state index in [-0.39, 0.29) is 16.5 Å². The SMILES string of the molecule is COc1ccc(-c2nc(-c3ccc([N+](=O)[O-])cc3)[nH]c2-c2ccc(Oc3ccc(C4(C)CC(C)(C)c5ccc(OC)cc54)cc3)cc2)cc1. The lowest BCUT2D eigenvalue weighted by Crippen LogP contribution is -2.23. The third-order valence-corrected chi connectivity index (χ3v) is 9.63. The van der Waals surface area contributed by atoms with Crippen molar-refractivity contribution < 1.29 is 19.1 Å². The number of nitrogens with zero attached hydrogens (tertiary/aromatic N) is 2. The van der Waals surface area contributed by atoms with Crippen LogP contribution in [0.2, 0.25) is 0 Å². The maximum atomic E-state index is 11.2. The lowest BCUT2D eigenvalue weighted by atomic mass is 9.75. The summed E-state index contributed by atoms with van der Waals surface area (Å²) >= 11 is 0. The molecule has 1 unspecified atom stereocenters. The average Bonchev–Trinajstić information content (AvgIpc) is 3.65. The highest BCUT2D eigenvalue weighted by Gasteiger charge is 2.45. The molecule has 0 amide bonds. The Morgan fingerprint density at radius 1 is 0.673 bits per heavy atom. The molecular formula is C41H37N3O5. The van der Waals surface area contributed by atoms with Crippen LogP contribution in [0.1, 0.15) is 43.9 Å². The van der Waals surface area contributed by atoms with Gasteiger partial charge in [-0.25, -0.2) is 4.98 Å². The zero-order valence-electron chi connectivity index (χ0n) is 28.1. The monoisotopic (exact) mass is 651 g/mol. The second kappa shape index (κ2) is 12.3. The summed E-state index contributed by atoms with van der Waals surface area (Å²) in [7, 11) is 3.35. The van der Waals surface area contributed by atoms with Gasteiger partial charge < -0.3 is 19.2 Å². The molecule has 1 aliphatic rings. The van der Waals surface area contributed by atoms with Crippen LogP contribution >= 0.6 is 0 Å². The first-order chi connectivity index (χ1) is 23.6. The number of non-ortho nitro benzene ring substituents is 1. The molecule has 0 fully saturated rings. The van der Waals surface area contributed by atoms with E-state index in [9.17, 15) is 10.1 Å². The summed E-state index contributed by atoms with van der Waals surface area (Å²) in [4.78, 5) is 19.2. The van der Waals surface area contributed by atoms with Gasteiger partial charge in [0.1, 0.15) is 28.8 Å². The average molecular weight is 652 g/mol. The van der Waals surface area contributed by atoms with Crippen LogP contribution in [0.3, 0.4) is 0 Å². The van der Waals surface area contributed by atoms with Crippen molar-refractivity contribution in [3.05, 3.63) is 142 Å². The van der Waals surface area contributed by atoms with E-state index in [0.29, 0.717) is 11.6 Å². The zero-order valence-corrected chi connectivity index (χ0v) is 28.1. The number of nitro benzene ring substituents is 1. The predicted octanol–water partition coefficient (Wildman–Crippen LogP) is 10.1. The Labute approximate surface area is 285 Å². The van der Waals surface area contributed by atoms with E-state index in [1.54, 1.807) is 26.4 Å². The molecule has 0 bridgehead atoms. The van der Waals surface area contributed by atoms with Crippen molar-refractivity contribution >= 4 is 5.69 Å². The minimum atomic E-state index is -0.411. The molecule has 7 rings (SSSR count). The number of hydrogen-bond acceptors (Lipinski definition) is 6. The molecule has 1 aromatic heterocycles. The van der Waals surface area contributed by atoms with Crippen LogP contribution in [0.15, 0.2) is 115 Å². The molecule has 0 saturated carbocycles. The van der Waals surface area contributed by atoms with Gasteiger partial charge in [-0.1, -0.05) is 39.0 Å². The first-order valence-corrected chi connectivity index (χ1v) is 16.1. The Morgan fingerprint density at radius 3 is 1.84 bits per heavy atom. The van der Waals surface area contributed by atoms with Gasteiger partial charge in [0.2, 0.25) is 0 Å². The van der Waals surface area contributed by atoms with Crippen molar-refractivity contribution in [3.8, 4) is 56.9 Å². The molecule has 5 aromatic carbocycles. The van der Waals surface area contributed by atoms with E-state index < -0.39 is 4.92 Å². The maximum absolute atomic E-state index is 11.2. The first kappa shape index (κ1) is 31.7. The van der Waals surface area contributed by atoms with Crippen LogP contribution in [0.4, 0.5) is 5.69 Å². The fourth-order valence-corrected chi connectivity index (χ4v) is 7.16. The van der Waals surface area contributed by atoms with E-state index >= 15 is 0 Å². The summed E-state index contributed by atoms with van der Waals surface area (Å²) in [5.41, 5.74) is 7.98. The van der Waals surface area contributed by atoms with E-state index in [2.05, 4.69) is 56.1 Å². The van der Waals surface area contributed by atoms with E-state index in [1.165, 1.54) is 28.8 Å². The number of fused-ring (bicyclic) bond motifs is 1. The largest absolute Gasteiger partial charge is 0.497 e. The summed E-state index contributed by atoms with van der Waals surface area (Å²) in [6.07, 6.45) is 1.00. The minimum absolute atomic E-state index is 0.0267. The number of hydrogen-bond donors (Lipinski definition) is 1. The molecule has 1 atom stereocenters. The minimum Gasteiger partial charge on any atom is -0.497 e.